The molecule has 2 N–H and O–H groups in total. The van der Waals surface area contributed by atoms with Crippen molar-refractivity contribution >= 4 is 5.91 Å². The predicted octanol–water partition coefficient (Wildman–Crippen LogP) is 3.65. The molecule has 0 radical (unpaired) electrons. The third-order valence-corrected chi connectivity index (χ3v) is 5.30. The number of nitrogens with one attached hydrogen (secondary N) is 2. The summed E-state index contributed by atoms with van der Waals surface area (Å²) < 4.78 is 11.5. The lowest BCUT2D eigenvalue weighted by Gasteiger charge is -2.24. The van der Waals surface area contributed by atoms with Gasteiger partial charge >= 0.3 is 0 Å². The molecule has 7 nitrogen and oxygen atoms in total. The molecule has 1 unspecified atom stereocenters. The van der Waals surface area contributed by atoms with Gasteiger partial charge in [0.15, 0.2) is 11.5 Å². The van der Waals surface area contributed by atoms with Gasteiger partial charge in [-0.05, 0) is 23.6 Å². The SMILES string of the molecule is CC(C)C(NC(=O)Cc1nc(-c2ccccc2)cc(=O)[nH]1)c1ccc2c(c1)OCCCO2. The molecular weight excluding hydrogens is 406 g/mol. The Balaban J connectivity index is 1.52. The van der Waals surface area contributed by atoms with Gasteiger partial charge in [-0.3, -0.25) is 9.59 Å². The first-order chi connectivity index (χ1) is 15.5. The van der Waals surface area contributed by atoms with Crippen LogP contribution in [0.1, 0.15) is 37.7 Å². The van der Waals surface area contributed by atoms with Gasteiger partial charge in [0.1, 0.15) is 5.82 Å². The fourth-order valence-electron chi connectivity index (χ4n) is 3.73. The molecule has 1 aromatic heterocycles. The van der Waals surface area contributed by atoms with E-state index in [2.05, 4.69) is 15.3 Å². The molecule has 2 heterocycles. The Hall–Kier alpha value is -3.61. The first-order valence-electron chi connectivity index (χ1n) is 10.8. The highest BCUT2D eigenvalue weighted by Gasteiger charge is 2.22. The van der Waals surface area contributed by atoms with Crippen LogP contribution in [0.5, 0.6) is 11.5 Å². The minimum absolute atomic E-state index is 0.0241. The predicted molar refractivity (Wildman–Crippen MR) is 122 cm³/mol. The van der Waals surface area contributed by atoms with Crippen LogP contribution in [0.15, 0.2) is 59.4 Å². The van der Waals surface area contributed by atoms with Crippen LogP contribution in [0, 0.1) is 5.92 Å². The summed E-state index contributed by atoms with van der Waals surface area (Å²) in [4.78, 5) is 32.2. The van der Waals surface area contributed by atoms with E-state index in [1.807, 2.05) is 62.4 Å². The summed E-state index contributed by atoms with van der Waals surface area (Å²) in [6.45, 7) is 5.32. The Morgan fingerprint density at radius 1 is 1.06 bits per heavy atom. The molecular formula is C25H27N3O4. The smallest absolute Gasteiger partial charge is 0.251 e. The molecule has 166 valence electrons. The Labute approximate surface area is 186 Å². The third-order valence-electron chi connectivity index (χ3n) is 5.30. The summed E-state index contributed by atoms with van der Waals surface area (Å²) >= 11 is 0. The van der Waals surface area contributed by atoms with Crippen molar-refractivity contribution in [1.82, 2.24) is 15.3 Å². The summed E-state index contributed by atoms with van der Waals surface area (Å²) in [7, 11) is 0. The number of ether oxygens (including phenoxy) is 2. The number of aromatic amines is 1. The van der Waals surface area contributed by atoms with Crippen LogP contribution in [0.25, 0.3) is 11.3 Å². The van der Waals surface area contributed by atoms with Crippen molar-refractivity contribution in [1.29, 1.82) is 0 Å². The molecule has 4 rings (SSSR count). The number of fused-ring (bicyclic) bond motifs is 1. The lowest BCUT2D eigenvalue weighted by atomic mass is 9.95. The molecule has 0 bridgehead atoms. The van der Waals surface area contributed by atoms with Gasteiger partial charge in [-0.15, -0.1) is 0 Å². The molecule has 0 spiro atoms. The fourth-order valence-corrected chi connectivity index (χ4v) is 3.73. The van der Waals surface area contributed by atoms with Gasteiger partial charge in [0.25, 0.3) is 5.56 Å². The highest BCUT2D eigenvalue weighted by molar-refractivity contribution is 5.78. The summed E-state index contributed by atoms with van der Waals surface area (Å²) in [5.41, 5.74) is 2.02. The van der Waals surface area contributed by atoms with Crippen LogP contribution in [-0.2, 0) is 11.2 Å². The van der Waals surface area contributed by atoms with Crippen molar-refractivity contribution in [3.05, 3.63) is 76.3 Å². The zero-order valence-electron chi connectivity index (χ0n) is 18.3. The molecule has 1 amide bonds. The number of hydrogen-bond donors (Lipinski definition) is 2. The molecule has 32 heavy (non-hydrogen) atoms. The summed E-state index contributed by atoms with van der Waals surface area (Å²) in [5, 5.41) is 3.09. The average Bonchev–Trinajstić information content (AvgIpc) is 3.02. The summed E-state index contributed by atoms with van der Waals surface area (Å²) in [5.74, 6) is 1.67. The second-order valence-electron chi connectivity index (χ2n) is 8.17. The van der Waals surface area contributed by atoms with Crippen molar-refractivity contribution in [3.8, 4) is 22.8 Å². The van der Waals surface area contributed by atoms with Gasteiger partial charge in [0.05, 0.1) is 31.4 Å². The minimum atomic E-state index is -0.287. The maximum atomic E-state index is 12.9. The maximum Gasteiger partial charge on any atom is 0.251 e. The molecule has 0 aliphatic carbocycles. The number of nitrogens with zero attached hydrogens (tertiary/aromatic N) is 1. The topological polar surface area (TPSA) is 93.3 Å². The number of carbonyl (C=O) groups is 1. The lowest BCUT2D eigenvalue weighted by Crippen LogP contribution is -2.33. The number of amides is 1. The van der Waals surface area contributed by atoms with Gasteiger partial charge in [-0.2, -0.15) is 0 Å². The normalized spacial score (nSPS) is 14.0. The van der Waals surface area contributed by atoms with E-state index < -0.39 is 0 Å². The average molecular weight is 434 g/mol. The quantitative estimate of drug-likeness (QED) is 0.619. The van der Waals surface area contributed by atoms with E-state index in [1.165, 1.54) is 6.07 Å². The third kappa shape index (κ3) is 5.17. The first kappa shape index (κ1) is 21.6. The van der Waals surface area contributed by atoms with Crippen LogP contribution >= 0.6 is 0 Å². The van der Waals surface area contributed by atoms with Gasteiger partial charge in [0.2, 0.25) is 5.91 Å². The first-order valence-corrected chi connectivity index (χ1v) is 10.8. The molecule has 0 saturated carbocycles. The second kappa shape index (κ2) is 9.68. The molecule has 0 fully saturated rings. The second-order valence-corrected chi connectivity index (χ2v) is 8.17. The zero-order valence-corrected chi connectivity index (χ0v) is 18.3. The van der Waals surface area contributed by atoms with Crippen molar-refractivity contribution in [2.45, 2.75) is 32.7 Å². The molecule has 7 heteroatoms. The number of rotatable bonds is 6. The van der Waals surface area contributed by atoms with Gasteiger partial charge in [0, 0.05) is 18.1 Å². The Bertz CT molecular complexity index is 1140. The number of hydrogen-bond acceptors (Lipinski definition) is 5. The van der Waals surface area contributed by atoms with Crippen LogP contribution in [0.3, 0.4) is 0 Å². The molecule has 0 saturated heterocycles. The largest absolute Gasteiger partial charge is 0.490 e. The van der Waals surface area contributed by atoms with E-state index in [-0.39, 0.29) is 29.8 Å². The van der Waals surface area contributed by atoms with Gasteiger partial charge in [-0.25, -0.2) is 4.98 Å². The van der Waals surface area contributed by atoms with E-state index in [1.54, 1.807) is 0 Å². The van der Waals surface area contributed by atoms with Crippen LogP contribution in [0.2, 0.25) is 0 Å². The summed E-state index contributed by atoms with van der Waals surface area (Å²) in [6.07, 6.45) is 0.811. The van der Waals surface area contributed by atoms with E-state index >= 15 is 0 Å². The zero-order chi connectivity index (χ0) is 22.5. The van der Waals surface area contributed by atoms with Crippen LogP contribution < -0.4 is 20.3 Å². The lowest BCUT2D eigenvalue weighted by molar-refractivity contribution is -0.121. The van der Waals surface area contributed by atoms with Crippen molar-refractivity contribution in [2.75, 3.05) is 13.2 Å². The highest BCUT2D eigenvalue weighted by Crippen LogP contribution is 2.34. The van der Waals surface area contributed by atoms with Crippen molar-refractivity contribution in [3.63, 3.8) is 0 Å². The van der Waals surface area contributed by atoms with E-state index in [0.717, 1.165) is 23.3 Å². The number of carbonyl (C=O) groups excluding carboxylic acids is 1. The van der Waals surface area contributed by atoms with Crippen molar-refractivity contribution < 1.29 is 14.3 Å². The standard InChI is InChI=1S/C25H27N3O4/c1-16(2)25(18-9-10-20-21(13-18)32-12-6-11-31-20)28-24(30)15-22-26-19(14-23(29)27-22)17-7-4-3-5-8-17/h3-5,7-10,13-14,16,25H,6,11-12,15H2,1-2H3,(H,28,30)(H,26,27,29). The fraction of sp³-hybridized carbons (Fsp3) is 0.320. The number of H-pyrrole nitrogens is 1. The highest BCUT2D eigenvalue weighted by atomic mass is 16.5. The molecule has 1 aliphatic heterocycles. The van der Waals surface area contributed by atoms with E-state index in [9.17, 15) is 9.59 Å². The Morgan fingerprint density at radius 2 is 1.81 bits per heavy atom. The maximum absolute atomic E-state index is 12.9. The van der Waals surface area contributed by atoms with Gasteiger partial charge in [-0.1, -0.05) is 50.2 Å². The van der Waals surface area contributed by atoms with E-state index in [4.69, 9.17) is 9.47 Å². The van der Waals surface area contributed by atoms with E-state index in [0.29, 0.717) is 30.5 Å². The Kier molecular flexibility index (Phi) is 6.54. The number of aromatic nitrogens is 2. The minimum Gasteiger partial charge on any atom is -0.490 e. The van der Waals surface area contributed by atoms with Crippen molar-refractivity contribution in [2.24, 2.45) is 5.92 Å². The van der Waals surface area contributed by atoms with Gasteiger partial charge < -0.3 is 19.8 Å². The molecule has 1 aliphatic rings. The molecule has 2 aromatic carbocycles. The monoisotopic (exact) mass is 433 g/mol. The Morgan fingerprint density at radius 3 is 2.56 bits per heavy atom. The van der Waals surface area contributed by atoms with Crippen LogP contribution in [-0.4, -0.2) is 29.1 Å². The van der Waals surface area contributed by atoms with Crippen LogP contribution in [0.4, 0.5) is 0 Å². The summed E-state index contributed by atoms with van der Waals surface area (Å²) in [6, 6.07) is 16.4. The molecule has 1 atom stereocenters. The molecule has 3 aromatic rings. The number of benzene rings is 2.